The summed E-state index contributed by atoms with van der Waals surface area (Å²) in [7, 11) is 0. The van der Waals surface area contributed by atoms with E-state index in [1.54, 1.807) is 0 Å². The second-order valence-corrected chi connectivity index (χ2v) is 15.5. The van der Waals surface area contributed by atoms with E-state index in [4.69, 9.17) is 9.47 Å². The second kappa shape index (κ2) is 18.1. The van der Waals surface area contributed by atoms with E-state index in [-0.39, 0.29) is 18.0 Å². The number of hydrogen-bond acceptors (Lipinski definition) is 5. The van der Waals surface area contributed by atoms with Gasteiger partial charge in [-0.25, -0.2) is 4.79 Å². The predicted molar refractivity (Wildman–Crippen MR) is 178 cm³/mol. The summed E-state index contributed by atoms with van der Waals surface area (Å²) in [5, 5.41) is 0. The number of carbonyl (C=O) groups excluding carboxylic acids is 2. The van der Waals surface area contributed by atoms with Crippen LogP contribution < -0.4 is 0 Å². The lowest BCUT2D eigenvalue weighted by molar-refractivity contribution is -0.151. The van der Waals surface area contributed by atoms with Gasteiger partial charge < -0.3 is 9.47 Å². The van der Waals surface area contributed by atoms with Crippen molar-refractivity contribution in [1.29, 1.82) is 0 Å². The first-order valence-electron chi connectivity index (χ1n) is 19.4. The number of unbranched alkanes of at least 4 members (excludes halogenated alkanes) is 2. The van der Waals surface area contributed by atoms with Crippen molar-refractivity contribution in [2.75, 3.05) is 6.61 Å². The van der Waals surface area contributed by atoms with Gasteiger partial charge >= 0.3 is 11.9 Å². The molecule has 0 unspecified atom stereocenters. The molecule has 0 aliphatic heterocycles. The van der Waals surface area contributed by atoms with E-state index in [9.17, 15) is 9.59 Å². The minimum Gasteiger partial charge on any atom is -0.463 e. The quantitative estimate of drug-likeness (QED) is 0.118. The Morgan fingerprint density at radius 2 is 1.02 bits per heavy atom. The zero-order valence-electron chi connectivity index (χ0n) is 28.1. The molecule has 0 aromatic heterocycles. The Bertz CT molecular complexity index is 815. The summed E-state index contributed by atoms with van der Waals surface area (Å²) < 4.78 is 11.0. The van der Waals surface area contributed by atoms with Crippen molar-refractivity contribution < 1.29 is 19.1 Å². The summed E-state index contributed by atoms with van der Waals surface area (Å²) in [5.41, 5.74) is 0. The van der Waals surface area contributed by atoms with Gasteiger partial charge in [0.25, 0.3) is 0 Å². The SMILES string of the molecule is C=CC(=O)OCCCCCC(=O)OC1CCC(N(C2CCC(C3CCCCC3)CC2)C2CCC(C3CCCCC3)CC2)CC1. The normalized spacial score (nSPS) is 32.7. The van der Waals surface area contributed by atoms with Crippen LogP contribution in [0, 0.1) is 23.7 Å². The largest absolute Gasteiger partial charge is 0.463 e. The Kier molecular flexibility index (Phi) is 14.0. The third-order valence-electron chi connectivity index (χ3n) is 12.8. The summed E-state index contributed by atoms with van der Waals surface area (Å²) in [6.07, 6.45) is 35.0. The van der Waals surface area contributed by atoms with Crippen LogP contribution in [-0.2, 0) is 19.1 Å². The van der Waals surface area contributed by atoms with Crippen molar-refractivity contribution in [2.24, 2.45) is 23.7 Å². The van der Waals surface area contributed by atoms with Gasteiger partial charge in [0.1, 0.15) is 6.10 Å². The van der Waals surface area contributed by atoms with E-state index in [0.29, 0.717) is 19.1 Å². The molecule has 0 amide bonds. The molecule has 0 heterocycles. The molecule has 5 aliphatic rings. The third-order valence-corrected chi connectivity index (χ3v) is 12.8. The van der Waals surface area contributed by atoms with Crippen LogP contribution in [0.2, 0.25) is 0 Å². The van der Waals surface area contributed by atoms with Crippen LogP contribution in [0.5, 0.6) is 0 Å². The molecular formula is C39H65NO4. The number of rotatable bonds is 13. The van der Waals surface area contributed by atoms with Gasteiger partial charge in [0, 0.05) is 30.6 Å². The average Bonchev–Trinajstić information content (AvgIpc) is 3.08. The van der Waals surface area contributed by atoms with Crippen molar-refractivity contribution >= 4 is 11.9 Å². The highest BCUT2D eigenvalue weighted by atomic mass is 16.5. The first-order chi connectivity index (χ1) is 21.6. The van der Waals surface area contributed by atoms with Gasteiger partial charge in [-0.2, -0.15) is 0 Å². The fourth-order valence-corrected chi connectivity index (χ4v) is 10.3. The highest BCUT2D eigenvalue weighted by Gasteiger charge is 2.40. The fraction of sp³-hybridized carbons (Fsp3) is 0.897. The van der Waals surface area contributed by atoms with Crippen LogP contribution >= 0.6 is 0 Å². The molecular weight excluding hydrogens is 546 g/mol. The molecule has 5 saturated carbocycles. The first kappa shape index (κ1) is 34.0. The lowest BCUT2D eigenvalue weighted by atomic mass is 9.70. The molecule has 5 heteroatoms. The highest BCUT2D eigenvalue weighted by molar-refractivity contribution is 5.81. The van der Waals surface area contributed by atoms with E-state index < -0.39 is 0 Å². The number of esters is 2. The Balaban J connectivity index is 1.09. The summed E-state index contributed by atoms with van der Waals surface area (Å²) in [6, 6.07) is 2.23. The minimum atomic E-state index is -0.377. The maximum Gasteiger partial charge on any atom is 0.330 e. The number of carbonyl (C=O) groups is 2. The van der Waals surface area contributed by atoms with Crippen LogP contribution in [0.4, 0.5) is 0 Å². The fourth-order valence-electron chi connectivity index (χ4n) is 10.3. The van der Waals surface area contributed by atoms with Crippen LogP contribution in [0.15, 0.2) is 12.7 Å². The van der Waals surface area contributed by atoms with Gasteiger partial charge in [0.15, 0.2) is 0 Å². The lowest BCUT2D eigenvalue weighted by Crippen LogP contribution is -2.53. The molecule has 0 aromatic carbocycles. The molecule has 250 valence electrons. The zero-order chi connectivity index (χ0) is 30.6. The Labute approximate surface area is 269 Å². The van der Waals surface area contributed by atoms with Crippen molar-refractivity contribution in [3.63, 3.8) is 0 Å². The second-order valence-electron chi connectivity index (χ2n) is 15.5. The van der Waals surface area contributed by atoms with E-state index in [2.05, 4.69) is 11.5 Å². The van der Waals surface area contributed by atoms with Crippen molar-refractivity contribution in [3.8, 4) is 0 Å². The molecule has 0 spiro atoms. The molecule has 0 saturated heterocycles. The smallest absolute Gasteiger partial charge is 0.330 e. The van der Waals surface area contributed by atoms with Crippen molar-refractivity contribution in [1.82, 2.24) is 4.90 Å². The van der Waals surface area contributed by atoms with Crippen LogP contribution in [0.3, 0.4) is 0 Å². The van der Waals surface area contributed by atoms with Gasteiger partial charge in [-0.3, -0.25) is 9.69 Å². The highest BCUT2D eigenvalue weighted by Crippen LogP contribution is 2.44. The van der Waals surface area contributed by atoms with Gasteiger partial charge in [0.2, 0.25) is 0 Å². The Morgan fingerprint density at radius 1 is 0.568 bits per heavy atom. The molecule has 0 radical (unpaired) electrons. The molecule has 5 nitrogen and oxygen atoms in total. The van der Waals surface area contributed by atoms with Crippen molar-refractivity contribution in [3.05, 3.63) is 12.7 Å². The van der Waals surface area contributed by atoms with E-state index in [1.165, 1.54) is 134 Å². The summed E-state index contributed by atoms with van der Waals surface area (Å²) in [5.74, 6) is 3.60. The third kappa shape index (κ3) is 10.1. The average molecular weight is 612 g/mol. The van der Waals surface area contributed by atoms with Gasteiger partial charge in [-0.1, -0.05) is 70.8 Å². The zero-order valence-corrected chi connectivity index (χ0v) is 28.1. The lowest BCUT2D eigenvalue weighted by Gasteiger charge is -2.50. The number of nitrogens with zero attached hydrogens (tertiary/aromatic N) is 1. The molecule has 5 aliphatic carbocycles. The van der Waals surface area contributed by atoms with Crippen molar-refractivity contribution in [2.45, 2.75) is 191 Å². The molecule has 0 atom stereocenters. The molecule has 5 rings (SSSR count). The monoisotopic (exact) mass is 611 g/mol. The van der Waals surface area contributed by atoms with Crippen LogP contribution in [0.1, 0.15) is 167 Å². The van der Waals surface area contributed by atoms with Gasteiger partial charge in [-0.15, -0.1) is 0 Å². The van der Waals surface area contributed by atoms with Gasteiger partial charge in [0.05, 0.1) is 6.61 Å². The Hall–Kier alpha value is -1.36. The summed E-state index contributed by atoms with van der Waals surface area (Å²) in [4.78, 5) is 26.8. The molecule has 5 fully saturated rings. The number of ether oxygens (including phenoxy) is 2. The molecule has 0 aromatic rings. The van der Waals surface area contributed by atoms with Crippen LogP contribution in [0.25, 0.3) is 0 Å². The van der Waals surface area contributed by atoms with E-state index in [0.717, 1.165) is 67.9 Å². The standard InChI is InChI=1S/C39H65NO4/c1-2-38(41)43-29-11-5-10-16-39(42)44-37-27-25-36(26-28-37)40(34-21-17-32(18-22-34)30-12-6-3-7-13-30)35-23-19-33(20-24-35)31-14-8-4-9-15-31/h2,30-37H,1,3-29H2. The topological polar surface area (TPSA) is 55.8 Å². The number of hydrogen-bond donors (Lipinski definition) is 0. The Morgan fingerprint density at radius 3 is 1.50 bits per heavy atom. The van der Waals surface area contributed by atoms with E-state index in [1.807, 2.05) is 0 Å². The minimum absolute atomic E-state index is 0.0459. The molecule has 0 N–H and O–H groups in total. The van der Waals surface area contributed by atoms with Crippen LogP contribution in [-0.4, -0.2) is 47.7 Å². The maximum atomic E-state index is 12.6. The molecule has 44 heavy (non-hydrogen) atoms. The van der Waals surface area contributed by atoms with E-state index >= 15 is 0 Å². The first-order valence-corrected chi connectivity index (χ1v) is 19.4. The molecule has 0 bridgehead atoms. The predicted octanol–water partition coefficient (Wildman–Crippen LogP) is 9.71. The van der Waals surface area contributed by atoms with Gasteiger partial charge in [-0.05, 0) is 120 Å². The summed E-state index contributed by atoms with van der Waals surface area (Å²) >= 11 is 0. The maximum absolute atomic E-state index is 12.6. The summed E-state index contributed by atoms with van der Waals surface area (Å²) in [6.45, 7) is 3.81.